The summed E-state index contributed by atoms with van der Waals surface area (Å²) < 4.78 is 18.6. The van der Waals surface area contributed by atoms with E-state index in [1.54, 1.807) is 6.92 Å². The first-order valence-corrected chi connectivity index (χ1v) is 5.34. The van der Waals surface area contributed by atoms with Crippen LogP contribution < -0.4 is 4.74 Å². The Morgan fingerprint density at radius 1 is 1.44 bits per heavy atom. The minimum Gasteiger partial charge on any atom is -0.496 e. The normalized spacial score (nSPS) is 9.94. The van der Waals surface area contributed by atoms with Crippen LogP contribution in [0.3, 0.4) is 0 Å². The van der Waals surface area contributed by atoms with Gasteiger partial charge in [-0.1, -0.05) is 6.07 Å². The van der Waals surface area contributed by atoms with E-state index in [4.69, 9.17) is 9.84 Å². The third kappa shape index (κ3) is 2.97. The molecule has 0 heterocycles. The number of methoxy groups -OCH3 is 1. The smallest absolute Gasteiger partial charge is 0.323 e. The topological polar surface area (TPSA) is 66.8 Å². The number of nitrogens with zero attached hydrogens (tertiary/aromatic N) is 1. The zero-order valence-electron chi connectivity index (χ0n) is 10.1. The lowest BCUT2D eigenvalue weighted by atomic mass is 10.1. The van der Waals surface area contributed by atoms with Crippen LogP contribution in [0.2, 0.25) is 0 Å². The average molecular weight is 255 g/mol. The van der Waals surface area contributed by atoms with Crippen LogP contribution in [0.5, 0.6) is 5.75 Å². The molecule has 0 fully saturated rings. The first-order chi connectivity index (χ1) is 8.51. The van der Waals surface area contributed by atoms with Crippen molar-refractivity contribution >= 4 is 11.9 Å². The van der Waals surface area contributed by atoms with E-state index >= 15 is 0 Å². The lowest BCUT2D eigenvalue weighted by Crippen LogP contribution is -2.36. The van der Waals surface area contributed by atoms with Crippen molar-refractivity contribution in [1.29, 1.82) is 0 Å². The fourth-order valence-electron chi connectivity index (χ4n) is 1.53. The average Bonchev–Trinajstić information content (AvgIpc) is 2.34. The van der Waals surface area contributed by atoms with Crippen LogP contribution in [0.15, 0.2) is 18.2 Å². The van der Waals surface area contributed by atoms with Crippen LogP contribution in [0, 0.1) is 5.82 Å². The Bertz CT molecular complexity index is 461. The molecule has 1 aromatic carbocycles. The molecule has 0 bridgehead atoms. The molecule has 0 aliphatic heterocycles. The number of carboxylic acid groups (broad SMARTS) is 1. The van der Waals surface area contributed by atoms with Gasteiger partial charge in [0.1, 0.15) is 23.7 Å². The molecule has 0 aliphatic rings. The number of rotatable bonds is 5. The van der Waals surface area contributed by atoms with E-state index in [1.807, 2.05) is 0 Å². The Morgan fingerprint density at radius 2 is 2.11 bits per heavy atom. The fourth-order valence-corrected chi connectivity index (χ4v) is 1.53. The summed E-state index contributed by atoms with van der Waals surface area (Å²) >= 11 is 0. The van der Waals surface area contributed by atoms with Gasteiger partial charge in [-0.05, 0) is 19.1 Å². The largest absolute Gasteiger partial charge is 0.496 e. The molecule has 5 nitrogen and oxygen atoms in total. The van der Waals surface area contributed by atoms with E-state index in [9.17, 15) is 14.0 Å². The molecular formula is C12H14FNO4. The zero-order valence-corrected chi connectivity index (χ0v) is 10.1. The van der Waals surface area contributed by atoms with E-state index in [2.05, 4.69) is 0 Å². The number of hydrogen-bond donors (Lipinski definition) is 1. The molecule has 6 heteroatoms. The quantitative estimate of drug-likeness (QED) is 0.863. The van der Waals surface area contributed by atoms with E-state index in [-0.39, 0.29) is 17.9 Å². The number of aliphatic carboxylic acids is 1. The molecule has 0 saturated heterocycles. The van der Waals surface area contributed by atoms with Crippen molar-refractivity contribution < 1.29 is 23.8 Å². The lowest BCUT2D eigenvalue weighted by molar-refractivity contribution is -0.137. The lowest BCUT2D eigenvalue weighted by Gasteiger charge is -2.20. The second-order valence-corrected chi connectivity index (χ2v) is 3.53. The van der Waals surface area contributed by atoms with Gasteiger partial charge in [0.05, 0.1) is 7.11 Å². The Labute approximate surface area is 104 Å². The van der Waals surface area contributed by atoms with Crippen LogP contribution in [0.25, 0.3) is 0 Å². The molecule has 1 rings (SSSR count). The van der Waals surface area contributed by atoms with Crippen molar-refractivity contribution in [2.45, 2.75) is 6.92 Å². The van der Waals surface area contributed by atoms with Crippen molar-refractivity contribution in [3.05, 3.63) is 29.6 Å². The van der Waals surface area contributed by atoms with E-state index < -0.39 is 24.2 Å². The number of halogens is 1. The number of carbonyl (C=O) groups excluding carboxylic acids is 1. The summed E-state index contributed by atoms with van der Waals surface area (Å²) in [5.74, 6) is -2.50. The van der Waals surface area contributed by atoms with Gasteiger partial charge < -0.3 is 14.7 Å². The number of benzene rings is 1. The van der Waals surface area contributed by atoms with Crippen molar-refractivity contribution in [1.82, 2.24) is 4.90 Å². The fraction of sp³-hybridized carbons (Fsp3) is 0.333. The standard InChI is InChI=1S/C12H14FNO4/c1-3-14(7-10(15)16)12(17)11-8(13)5-4-6-9(11)18-2/h4-6H,3,7H2,1-2H3,(H,15,16). The van der Waals surface area contributed by atoms with Crippen molar-refractivity contribution in [2.24, 2.45) is 0 Å². The van der Waals surface area contributed by atoms with Gasteiger partial charge in [-0.25, -0.2) is 4.39 Å². The number of likely N-dealkylation sites (N-methyl/N-ethyl adjacent to an activating group) is 1. The summed E-state index contributed by atoms with van der Waals surface area (Å²) in [5.41, 5.74) is -0.247. The molecule has 1 amide bonds. The molecular weight excluding hydrogens is 241 g/mol. The first kappa shape index (κ1) is 14.0. The highest BCUT2D eigenvalue weighted by molar-refractivity contribution is 5.98. The number of carboxylic acids is 1. The molecule has 98 valence electrons. The highest BCUT2D eigenvalue weighted by atomic mass is 19.1. The van der Waals surface area contributed by atoms with Crippen LogP contribution in [0.4, 0.5) is 4.39 Å². The Hall–Kier alpha value is -2.11. The first-order valence-electron chi connectivity index (χ1n) is 5.34. The molecule has 0 aliphatic carbocycles. The maximum absolute atomic E-state index is 13.6. The number of carbonyl (C=O) groups is 2. The number of ether oxygens (including phenoxy) is 1. The van der Waals surface area contributed by atoms with Crippen LogP contribution in [-0.4, -0.2) is 42.1 Å². The molecule has 0 atom stereocenters. The third-order valence-electron chi connectivity index (χ3n) is 2.40. The highest BCUT2D eigenvalue weighted by Gasteiger charge is 2.23. The molecule has 0 aromatic heterocycles. The van der Waals surface area contributed by atoms with Crippen LogP contribution in [-0.2, 0) is 4.79 Å². The van der Waals surface area contributed by atoms with Gasteiger partial charge in [0.15, 0.2) is 0 Å². The zero-order chi connectivity index (χ0) is 13.7. The second-order valence-electron chi connectivity index (χ2n) is 3.53. The minimum absolute atomic E-state index is 0.0869. The van der Waals surface area contributed by atoms with Gasteiger partial charge in [0.2, 0.25) is 0 Å². The maximum atomic E-state index is 13.6. The van der Waals surface area contributed by atoms with Crippen LogP contribution >= 0.6 is 0 Å². The summed E-state index contributed by atoms with van der Waals surface area (Å²) in [6.07, 6.45) is 0. The van der Waals surface area contributed by atoms with Gasteiger partial charge in [-0.15, -0.1) is 0 Å². The number of amides is 1. The maximum Gasteiger partial charge on any atom is 0.323 e. The Balaban J connectivity index is 3.12. The molecule has 18 heavy (non-hydrogen) atoms. The molecule has 1 N–H and O–H groups in total. The predicted molar refractivity (Wildman–Crippen MR) is 62.2 cm³/mol. The summed E-state index contributed by atoms with van der Waals surface area (Å²) in [6.45, 7) is 1.31. The summed E-state index contributed by atoms with van der Waals surface area (Å²) in [7, 11) is 1.32. The van der Waals surface area contributed by atoms with Crippen molar-refractivity contribution in [3.8, 4) is 5.75 Å². The number of hydrogen-bond acceptors (Lipinski definition) is 3. The predicted octanol–water partition coefficient (Wildman–Crippen LogP) is 1.38. The Kier molecular flexibility index (Phi) is 4.65. The van der Waals surface area contributed by atoms with Gasteiger partial charge in [0.25, 0.3) is 5.91 Å². The minimum atomic E-state index is -1.15. The van der Waals surface area contributed by atoms with Gasteiger partial charge in [-0.2, -0.15) is 0 Å². The molecule has 0 unspecified atom stereocenters. The van der Waals surface area contributed by atoms with Gasteiger partial charge in [0, 0.05) is 6.54 Å². The van der Waals surface area contributed by atoms with Crippen LogP contribution in [0.1, 0.15) is 17.3 Å². The van der Waals surface area contributed by atoms with E-state index in [0.717, 1.165) is 11.0 Å². The monoisotopic (exact) mass is 255 g/mol. The van der Waals surface area contributed by atoms with Gasteiger partial charge >= 0.3 is 5.97 Å². The molecule has 1 aromatic rings. The van der Waals surface area contributed by atoms with Crippen molar-refractivity contribution in [3.63, 3.8) is 0 Å². The SMILES string of the molecule is CCN(CC(=O)O)C(=O)c1c(F)cccc1OC. The Morgan fingerprint density at radius 3 is 2.61 bits per heavy atom. The van der Waals surface area contributed by atoms with Crippen molar-refractivity contribution in [2.75, 3.05) is 20.2 Å². The highest BCUT2D eigenvalue weighted by Crippen LogP contribution is 2.22. The third-order valence-corrected chi connectivity index (χ3v) is 2.40. The summed E-state index contributed by atoms with van der Waals surface area (Å²) in [5, 5.41) is 8.69. The summed E-state index contributed by atoms with van der Waals surface area (Å²) in [6, 6.07) is 3.99. The van der Waals surface area contributed by atoms with Gasteiger partial charge in [-0.3, -0.25) is 9.59 Å². The summed E-state index contributed by atoms with van der Waals surface area (Å²) in [4.78, 5) is 23.7. The molecule has 0 spiro atoms. The molecule has 0 saturated carbocycles. The van der Waals surface area contributed by atoms with E-state index in [1.165, 1.54) is 19.2 Å². The second kappa shape index (κ2) is 6.00. The van der Waals surface area contributed by atoms with E-state index in [0.29, 0.717) is 0 Å². The molecule has 0 radical (unpaired) electrons.